The lowest BCUT2D eigenvalue weighted by molar-refractivity contribution is -0.115. The first-order valence-corrected chi connectivity index (χ1v) is 4.94. The van der Waals surface area contributed by atoms with E-state index in [-0.39, 0.29) is 11.2 Å². The highest BCUT2D eigenvalue weighted by molar-refractivity contribution is 5.90. The Morgan fingerprint density at radius 2 is 2.07 bits per heavy atom. The monoisotopic (exact) mass is 193 g/mol. The molecule has 2 nitrogen and oxygen atoms in total. The highest BCUT2D eigenvalue weighted by atomic mass is 16.1. The average Bonchev–Trinajstić information content (AvgIpc) is 1.96. The highest BCUT2D eigenvalue weighted by Gasteiger charge is 2.16. The quantitative estimate of drug-likeness (QED) is 0.508. The molecule has 0 saturated carbocycles. The fraction of sp³-hybridized carbons (Fsp3) is 0.667. The zero-order chi connectivity index (χ0) is 11.2. The van der Waals surface area contributed by atoms with Gasteiger partial charge in [-0.05, 0) is 23.8 Å². The summed E-state index contributed by atoms with van der Waals surface area (Å²) in [5.74, 6) is 0.425. The van der Waals surface area contributed by atoms with Crippen molar-refractivity contribution in [3.05, 3.63) is 12.2 Å². The smallest absolute Gasteiger partial charge is 0.156 e. The largest absolute Gasteiger partial charge is 0.295 e. The molecule has 0 aromatic heterocycles. The topological polar surface area (TPSA) is 40.9 Å². The Morgan fingerprint density at radius 1 is 1.50 bits per heavy atom. The molecule has 1 unspecified atom stereocenters. The Bertz CT molecular complexity index is 252. The number of carbonyl (C=O) groups is 1. The van der Waals surface area contributed by atoms with Gasteiger partial charge in [0, 0.05) is 12.5 Å². The van der Waals surface area contributed by atoms with Gasteiger partial charge in [-0.1, -0.05) is 27.7 Å². The highest BCUT2D eigenvalue weighted by Crippen LogP contribution is 2.25. The maximum atomic E-state index is 11.3. The number of ketones is 1. The Labute approximate surface area is 86.6 Å². The van der Waals surface area contributed by atoms with E-state index in [4.69, 9.17) is 5.26 Å². The van der Waals surface area contributed by atoms with Crippen molar-refractivity contribution in [1.29, 1.82) is 5.26 Å². The lowest BCUT2D eigenvalue weighted by atomic mass is 9.83. The van der Waals surface area contributed by atoms with Crippen LogP contribution in [0.5, 0.6) is 0 Å². The number of hydrogen-bond acceptors (Lipinski definition) is 2. The summed E-state index contributed by atoms with van der Waals surface area (Å²) in [6.07, 6.45) is 4.17. The molecular formula is C12H19NO. The summed E-state index contributed by atoms with van der Waals surface area (Å²) in [7, 11) is 0. The molecule has 0 saturated heterocycles. The molecule has 0 heterocycles. The number of rotatable bonds is 4. The predicted octanol–water partition coefficient (Wildman–Crippen LogP) is 3.10. The summed E-state index contributed by atoms with van der Waals surface area (Å²) in [5, 5.41) is 8.25. The molecule has 0 spiro atoms. The van der Waals surface area contributed by atoms with Crippen LogP contribution in [0.4, 0.5) is 0 Å². The lowest BCUT2D eigenvalue weighted by Gasteiger charge is -2.22. The molecule has 1 atom stereocenters. The summed E-state index contributed by atoms with van der Waals surface area (Å²) in [6, 6.07) is 1.82. The molecule has 0 aliphatic heterocycles. The zero-order valence-electron chi connectivity index (χ0n) is 9.50. The first-order valence-electron chi connectivity index (χ1n) is 4.94. The van der Waals surface area contributed by atoms with Crippen molar-refractivity contribution < 1.29 is 4.79 Å². The Morgan fingerprint density at radius 3 is 2.50 bits per heavy atom. The van der Waals surface area contributed by atoms with Crippen molar-refractivity contribution in [1.82, 2.24) is 0 Å². The second-order valence-corrected chi connectivity index (χ2v) is 5.00. The van der Waals surface area contributed by atoms with Crippen LogP contribution in [0.25, 0.3) is 0 Å². The summed E-state index contributed by atoms with van der Waals surface area (Å²) in [4.78, 5) is 11.3. The Balaban J connectivity index is 3.96. The van der Waals surface area contributed by atoms with Crippen molar-refractivity contribution in [3.8, 4) is 6.07 Å². The number of allylic oxidation sites excluding steroid dienone is 2. The van der Waals surface area contributed by atoms with E-state index < -0.39 is 0 Å². The van der Waals surface area contributed by atoms with Gasteiger partial charge in [-0.2, -0.15) is 5.26 Å². The molecule has 0 bridgehead atoms. The van der Waals surface area contributed by atoms with E-state index >= 15 is 0 Å². The van der Waals surface area contributed by atoms with Crippen LogP contribution in [0.2, 0.25) is 0 Å². The molecule has 0 rings (SSSR count). The summed E-state index contributed by atoms with van der Waals surface area (Å²) in [6.45, 7) is 8.57. The van der Waals surface area contributed by atoms with E-state index in [0.717, 1.165) is 6.42 Å². The predicted molar refractivity (Wildman–Crippen MR) is 57.6 cm³/mol. The Hall–Kier alpha value is -1.10. The molecule has 0 aliphatic rings. The van der Waals surface area contributed by atoms with Crippen LogP contribution in [0.3, 0.4) is 0 Å². The van der Waals surface area contributed by atoms with Crippen LogP contribution in [-0.2, 0) is 4.79 Å². The number of hydrogen-bond donors (Lipinski definition) is 0. The Kier molecular flexibility index (Phi) is 5.15. The second-order valence-electron chi connectivity index (χ2n) is 5.00. The van der Waals surface area contributed by atoms with Gasteiger partial charge in [-0.15, -0.1) is 0 Å². The fourth-order valence-corrected chi connectivity index (χ4v) is 1.66. The van der Waals surface area contributed by atoms with Gasteiger partial charge < -0.3 is 0 Å². The average molecular weight is 193 g/mol. The summed E-state index contributed by atoms with van der Waals surface area (Å²) < 4.78 is 0. The lowest BCUT2D eigenvalue weighted by Crippen LogP contribution is -2.13. The minimum atomic E-state index is 0.0447. The fourth-order valence-electron chi connectivity index (χ4n) is 1.66. The minimum Gasteiger partial charge on any atom is -0.295 e. The standard InChI is InChI=1S/C12H19NO/c1-10(9-12(2,3)4)8-11(14)6-5-7-13/h5-6,10H,8-9H2,1-4H3. The van der Waals surface area contributed by atoms with Crippen molar-refractivity contribution in [3.63, 3.8) is 0 Å². The van der Waals surface area contributed by atoms with Crippen LogP contribution in [0.1, 0.15) is 40.5 Å². The summed E-state index contributed by atoms with van der Waals surface area (Å²) in [5.41, 5.74) is 0.263. The van der Waals surface area contributed by atoms with Crippen LogP contribution in [0.15, 0.2) is 12.2 Å². The molecule has 0 aromatic carbocycles. The van der Waals surface area contributed by atoms with Crippen molar-refractivity contribution in [2.75, 3.05) is 0 Å². The minimum absolute atomic E-state index is 0.0447. The molecule has 2 heteroatoms. The first kappa shape index (κ1) is 12.9. The van der Waals surface area contributed by atoms with E-state index in [1.165, 1.54) is 12.2 Å². The van der Waals surface area contributed by atoms with E-state index in [2.05, 4.69) is 27.7 Å². The normalized spacial score (nSPS) is 13.9. The van der Waals surface area contributed by atoms with Gasteiger partial charge in [-0.3, -0.25) is 4.79 Å². The van der Waals surface area contributed by atoms with Crippen molar-refractivity contribution >= 4 is 5.78 Å². The van der Waals surface area contributed by atoms with Crippen LogP contribution < -0.4 is 0 Å². The van der Waals surface area contributed by atoms with Crippen molar-refractivity contribution in [2.45, 2.75) is 40.5 Å². The van der Waals surface area contributed by atoms with Gasteiger partial charge in [0.1, 0.15) is 0 Å². The molecule has 0 aliphatic carbocycles. The number of nitrogens with zero attached hydrogens (tertiary/aromatic N) is 1. The SMILES string of the molecule is CC(CC(=O)C=CC#N)CC(C)(C)C. The molecule has 78 valence electrons. The zero-order valence-corrected chi connectivity index (χ0v) is 9.50. The van der Waals surface area contributed by atoms with Crippen molar-refractivity contribution in [2.24, 2.45) is 11.3 Å². The van der Waals surface area contributed by atoms with Gasteiger partial charge in [-0.25, -0.2) is 0 Å². The molecule has 0 aromatic rings. The third-order valence-electron chi connectivity index (χ3n) is 1.85. The van der Waals surface area contributed by atoms with E-state index in [0.29, 0.717) is 12.3 Å². The van der Waals surface area contributed by atoms with Crippen LogP contribution >= 0.6 is 0 Å². The first-order chi connectivity index (χ1) is 6.35. The molecule has 0 fully saturated rings. The number of carbonyl (C=O) groups excluding carboxylic acids is 1. The van der Waals surface area contributed by atoms with Gasteiger partial charge in [0.15, 0.2) is 5.78 Å². The summed E-state index contributed by atoms with van der Waals surface area (Å²) >= 11 is 0. The van der Waals surface area contributed by atoms with E-state index in [1.54, 1.807) is 0 Å². The van der Waals surface area contributed by atoms with E-state index in [9.17, 15) is 4.79 Å². The van der Waals surface area contributed by atoms with Gasteiger partial charge >= 0.3 is 0 Å². The van der Waals surface area contributed by atoms with Gasteiger partial charge in [0.25, 0.3) is 0 Å². The number of nitriles is 1. The molecule has 14 heavy (non-hydrogen) atoms. The van der Waals surface area contributed by atoms with Gasteiger partial charge in [0.2, 0.25) is 0 Å². The van der Waals surface area contributed by atoms with Gasteiger partial charge in [0.05, 0.1) is 6.07 Å². The van der Waals surface area contributed by atoms with Crippen LogP contribution in [0, 0.1) is 22.7 Å². The molecule has 0 amide bonds. The molecule has 0 N–H and O–H groups in total. The maximum Gasteiger partial charge on any atom is 0.156 e. The maximum absolute atomic E-state index is 11.3. The van der Waals surface area contributed by atoms with E-state index in [1.807, 2.05) is 6.07 Å². The van der Waals surface area contributed by atoms with Crippen LogP contribution in [-0.4, -0.2) is 5.78 Å². The second kappa shape index (κ2) is 5.59. The third-order valence-corrected chi connectivity index (χ3v) is 1.85. The molecule has 0 radical (unpaired) electrons. The third kappa shape index (κ3) is 7.54. The molecular weight excluding hydrogens is 174 g/mol.